The summed E-state index contributed by atoms with van der Waals surface area (Å²) in [6.07, 6.45) is 7.74. The maximum Gasteiger partial charge on any atom is 0.213 e. The van der Waals surface area contributed by atoms with E-state index in [2.05, 4.69) is 33.8 Å². The number of methoxy groups -OCH3 is 1. The van der Waals surface area contributed by atoms with Gasteiger partial charge in [0.1, 0.15) is 0 Å². The molecule has 2 aromatic rings. The molecule has 3 N–H and O–H groups in total. The van der Waals surface area contributed by atoms with Crippen LogP contribution in [0.25, 0.3) is 11.1 Å². The Labute approximate surface area is 140 Å². The van der Waals surface area contributed by atoms with Crippen molar-refractivity contribution in [1.29, 1.82) is 0 Å². The molecular formula is C17H17EsN4OS-. The molecule has 7 heteroatoms. The number of hydrogen-bond acceptors (Lipinski definition) is 3. The molecule has 0 aliphatic heterocycles. The molecule has 1 heterocycles. The first-order chi connectivity index (χ1) is 11.2. The van der Waals surface area contributed by atoms with E-state index in [0.717, 1.165) is 36.1 Å². The average molecular weight is 577 g/mol. The molecule has 0 saturated heterocycles. The van der Waals surface area contributed by atoms with Gasteiger partial charge in [0.25, 0.3) is 0 Å². The molecule has 1 aliphatic carbocycles. The van der Waals surface area contributed by atoms with Gasteiger partial charge in [0.15, 0.2) is 0 Å². The van der Waals surface area contributed by atoms with Gasteiger partial charge in [-0.1, -0.05) is 23.3 Å². The Morgan fingerprint density at radius 1 is 1.38 bits per heavy atom. The number of ether oxygens (including phenoxy) is 1. The first-order valence-corrected chi connectivity index (χ1v) is 7.76. The van der Waals surface area contributed by atoms with Crippen molar-refractivity contribution < 1.29 is 4.74 Å². The molecule has 1 aromatic heterocycles. The van der Waals surface area contributed by atoms with Gasteiger partial charge in [-0.2, -0.15) is 0 Å². The van der Waals surface area contributed by atoms with Crippen LogP contribution in [0.15, 0.2) is 35.5 Å². The summed E-state index contributed by atoms with van der Waals surface area (Å²) in [5.41, 5.74) is 11.1. The first kappa shape index (κ1) is 16.9. The number of rotatable bonds is 4. The minimum absolute atomic E-state index is 0. The Hall–Kier alpha value is -3.47. The van der Waals surface area contributed by atoms with Crippen LogP contribution >= 0.6 is 12.2 Å². The molecule has 0 saturated carbocycles. The second-order valence-corrected chi connectivity index (χ2v) is 5.67. The summed E-state index contributed by atoms with van der Waals surface area (Å²) in [6.45, 7) is 0. The summed E-state index contributed by atoms with van der Waals surface area (Å²) < 4.78 is 5.22. The molecule has 1 radical (unpaired) electrons. The predicted octanol–water partition coefficient (Wildman–Crippen LogP) is 2.81. The summed E-state index contributed by atoms with van der Waals surface area (Å²) in [6, 6.07) is 8.14. The minimum atomic E-state index is 0. The second kappa shape index (κ2) is 7.19. The maximum atomic E-state index is 5.39. The van der Waals surface area contributed by atoms with E-state index in [0.29, 0.717) is 5.88 Å². The van der Waals surface area contributed by atoms with Gasteiger partial charge in [-0.15, -0.1) is 12.2 Å². The molecule has 24 heavy (non-hydrogen) atoms. The van der Waals surface area contributed by atoms with Crippen LogP contribution in [0.4, 0.5) is 5.69 Å². The van der Waals surface area contributed by atoms with Crippen molar-refractivity contribution in [2.45, 2.75) is 19.3 Å². The number of nitrogens with one attached hydrogen (secondary N) is 1. The van der Waals surface area contributed by atoms with E-state index in [9.17, 15) is 0 Å². The number of thiocarbonyl (C=S) groups is 1. The molecular weight excluding hydrogens is 560 g/mol. The van der Waals surface area contributed by atoms with E-state index in [4.69, 9.17) is 22.7 Å². The zero-order chi connectivity index (χ0) is 16.2. The number of aliphatic imine (C=N–C) groups is 1. The van der Waals surface area contributed by atoms with Crippen molar-refractivity contribution in [3.8, 4) is 17.0 Å². The van der Waals surface area contributed by atoms with E-state index in [1.54, 1.807) is 13.3 Å². The topological polar surface area (TPSA) is 72.5 Å². The average Bonchev–Trinajstić information content (AvgIpc) is 3.03. The third-order valence-electron chi connectivity index (χ3n) is 3.88. The summed E-state index contributed by atoms with van der Waals surface area (Å²) in [5.74, 6) is 0.578. The fraction of sp³-hybridized carbons (Fsp3) is 0.235. The van der Waals surface area contributed by atoms with Crippen molar-refractivity contribution in [3.05, 3.63) is 41.6 Å². The SMILES string of the molecule is COc1cc(-c2ccc3c(c2N[C-]=NC(N)=S)CCC3)ccn1.[Es]. The molecule has 1 aromatic carbocycles. The van der Waals surface area contributed by atoms with Gasteiger partial charge in [0.05, 0.1) is 12.2 Å². The van der Waals surface area contributed by atoms with E-state index in [-0.39, 0.29) is 5.11 Å². The zero-order valence-electron chi connectivity index (χ0n) is 13.1. The van der Waals surface area contributed by atoms with Crippen LogP contribution in [0.1, 0.15) is 17.5 Å². The molecule has 0 atom stereocenters. The quantitative estimate of drug-likeness (QED) is 0.192. The third-order valence-corrected chi connectivity index (χ3v) is 3.98. The van der Waals surface area contributed by atoms with Crippen LogP contribution in [0.5, 0.6) is 5.88 Å². The largest absolute Gasteiger partial charge is 0.481 e. The molecule has 0 amide bonds. The van der Waals surface area contributed by atoms with Crippen molar-refractivity contribution in [2.75, 3.05) is 12.4 Å². The summed E-state index contributed by atoms with van der Waals surface area (Å²) in [7, 11) is 1.61. The van der Waals surface area contributed by atoms with Gasteiger partial charge in [0.2, 0.25) is 5.88 Å². The molecule has 0 unspecified atom stereocenters. The van der Waals surface area contributed by atoms with Crippen LogP contribution in [-0.4, -0.2) is 23.5 Å². The van der Waals surface area contributed by atoms with Crippen molar-refractivity contribution in [2.24, 2.45) is 10.7 Å². The monoisotopic (exact) mass is 577 g/mol. The fourth-order valence-corrected chi connectivity index (χ4v) is 2.92. The van der Waals surface area contributed by atoms with E-state index >= 15 is 0 Å². The van der Waals surface area contributed by atoms with Crippen LogP contribution in [0.2, 0.25) is 0 Å². The zero-order valence-corrected chi connectivity index (χ0v) is 16.4. The van der Waals surface area contributed by atoms with Gasteiger partial charge >= 0.3 is 0 Å². The Bertz CT molecular complexity index is 779. The minimum Gasteiger partial charge on any atom is -0.481 e. The maximum absolute atomic E-state index is 5.39. The predicted molar refractivity (Wildman–Crippen MR) is 96.1 cm³/mol. The number of nitrogens with two attached hydrogens (primary N) is 1. The van der Waals surface area contributed by atoms with Crippen LogP contribution in [0, 0.1) is 0 Å². The van der Waals surface area contributed by atoms with Gasteiger partial charge in [-0.05, 0) is 42.1 Å². The molecule has 129 valence electrons. The summed E-state index contributed by atoms with van der Waals surface area (Å²) in [5, 5.41) is 3.19. The summed E-state index contributed by atoms with van der Waals surface area (Å²) >= 11 is 4.75. The molecule has 3 rings (SSSR count). The van der Waals surface area contributed by atoms with Crippen molar-refractivity contribution in [1.82, 2.24) is 4.98 Å². The second-order valence-electron chi connectivity index (χ2n) is 5.25. The number of aryl methyl sites for hydroxylation is 1. The Morgan fingerprint density at radius 3 is 2.96 bits per heavy atom. The van der Waals surface area contributed by atoms with Crippen LogP contribution in [-0.2, 0) is 12.8 Å². The molecule has 0 spiro atoms. The van der Waals surface area contributed by atoms with Crippen molar-refractivity contribution >= 4 is 29.4 Å². The Balaban J connectivity index is 0.00000208. The smallest absolute Gasteiger partial charge is 0.213 e. The van der Waals surface area contributed by atoms with Gasteiger partial charge in [-0.3, -0.25) is 0 Å². The normalized spacial score (nSPS) is 12.5. The van der Waals surface area contributed by atoms with Gasteiger partial charge in [-0.25, -0.2) is 4.98 Å². The number of pyridine rings is 1. The summed E-state index contributed by atoms with van der Waals surface area (Å²) in [4.78, 5) is 7.99. The number of aromatic nitrogens is 1. The number of hydrogen-bond donors (Lipinski definition) is 2. The van der Waals surface area contributed by atoms with Gasteiger partial charge < -0.3 is 20.8 Å². The van der Waals surface area contributed by atoms with Gasteiger partial charge in [0, 0.05) is 18.6 Å². The molecule has 0 bridgehead atoms. The standard InChI is InChI=1S/C17H17N4OS.Es/c1-22-15-9-12(7-8-19-15)14-6-5-11-3-2-4-13(11)16(14)20-10-21-17(18)23;/h5-9H,2-4H2,1H3,(H3,18,20,21,23);/q-1;. The number of anilines is 1. The first-order valence-electron chi connectivity index (χ1n) is 7.35. The Morgan fingerprint density at radius 2 is 2.21 bits per heavy atom. The number of fused-ring (bicyclic) bond motifs is 1. The number of benzene rings is 1. The van der Waals surface area contributed by atoms with E-state index in [1.165, 1.54) is 11.1 Å². The number of nitrogens with zero attached hydrogens (tertiary/aromatic N) is 2. The van der Waals surface area contributed by atoms with E-state index < -0.39 is 0 Å². The molecule has 1 aliphatic rings. The molecule has 5 nitrogen and oxygen atoms in total. The van der Waals surface area contributed by atoms with Crippen molar-refractivity contribution in [3.63, 3.8) is 0 Å². The third kappa shape index (κ3) is 3.30. The fourth-order valence-electron chi connectivity index (χ4n) is 2.88. The van der Waals surface area contributed by atoms with Crippen LogP contribution < -0.4 is 15.8 Å². The Kier molecular flexibility index (Phi) is 5.06. The molecule has 0 fully saturated rings. The van der Waals surface area contributed by atoms with Crippen LogP contribution in [0.3, 0.4) is 0 Å². The van der Waals surface area contributed by atoms with E-state index in [1.807, 2.05) is 12.1 Å².